The molecule has 2 atom stereocenters. The Morgan fingerprint density at radius 3 is 2.86 bits per heavy atom. The lowest BCUT2D eigenvalue weighted by molar-refractivity contribution is 0.128. The molecule has 1 aliphatic rings. The van der Waals surface area contributed by atoms with Crippen LogP contribution >= 0.6 is 0 Å². The predicted octanol–water partition coefficient (Wildman–Crippen LogP) is 1.83. The number of nitrogens with one attached hydrogen (secondary N) is 1. The molecule has 1 N–H and O–H groups in total. The van der Waals surface area contributed by atoms with Gasteiger partial charge in [-0.1, -0.05) is 30.3 Å². The van der Waals surface area contributed by atoms with Crippen LogP contribution in [0.1, 0.15) is 31.3 Å². The Kier molecular flexibility index (Phi) is 4.31. The van der Waals surface area contributed by atoms with E-state index in [1.165, 1.54) is 5.56 Å². The molecule has 112 valence electrons. The third-order valence-corrected chi connectivity index (χ3v) is 4.24. The van der Waals surface area contributed by atoms with Crippen molar-refractivity contribution in [1.29, 1.82) is 0 Å². The first-order valence-corrected chi connectivity index (χ1v) is 7.67. The topological polar surface area (TPSA) is 46.0 Å². The van der Waals surface area contributed by atoms with Crippen molar-refractivity contribution in [3.05, 3.63) is 48.0 Å². The molecule has 1 aromatic heterocycles. The lowest BCUT2D eigenvalue weighted by atomic mass is 10.0. The molecular formula is C16H23N5. The van der Waals surface area contributed by atoms with Crippen molar-refractivity contribution in [2.75, 3.05) is 13.1 Å². The molecule has 0 radical (unpaired) electrons. The van der Waals surface area contributed by atoms with Gasteiger partial charge in [0.05, 0.1) is 6.54 Å². The van der Waals surface area contributed by atoms with Gasteiger partial charge < -0.3 is 5.32 Å². The van der Waals surface area contributed by atoms with Gasteiger partial charge in [-0.05, 0) is 19.4 Å². The molecule has 5 nitrogen and oxygen atoms in total. The zero-order chi connectivity index (χ0) is 14.7. The molecule has 0 saturated carbocycles. The van der Waals surface area contributed by atoms with Gasteiger partial charge in [-0.25, -0.2) is 9.67 Å². The third-order valence-electron chi connectivity index (χ3n) is 4.24. The fourth-order valence-electron chi connectivity index (χ4n) is 2.91. The van der Waals surface area contributed by atoms with E-state index in [1.54, 1.807) is 6.33 Å². The number of aromatic nitrogens is 3. The van der Waals surface area contributed by atoms with Crippen molar-refractivity contribution < 1.29 is 0 Å². The Bertz CT molecular complexity index is 565. The van der Waals surface area contributed by atoms with E-state index < -0.39 is 0 Å². The van der Waals surface area contributed by atoms with Crippen molar-refractivity contribution in [3.63, 3.8) is 0 Å². The van der Waals surface area contributed by atoms with Crippen LogP contribution in [0.15, 0.2) is 36.7 Å². The van der Waals surface area contributed by atoms with Crippen LogP contribution in [0, 0.1) is 0 Å². The summed E-state index contributed by atoms with van der Waals surface area (Å²) < 4.78 is 1.98. The van der Waals surface area contributed by atoms with Gasteiger partial charge >= 0.3 is 0 Å². The smallest absolute Gasteiger partial charge is 0.141 e. The molecule has 2 heterocycles. The number of hydrogen-bond donors (Lipinski definition) is 1. The lowest BCUT2D eigenvalue weighted by Crippen LogP contribution is -2.51. The van der Waals surface area contributed by atoms with Gasteiger partial charge in [0.15, 0.2) is 0 Å². The first-order valence-electron chi connectivity index (χ1n) is 7.67. The Hall–Kier alpha value is -1.72. The van der Waals surface area contributed by atoms with Gasteiger partial charge in [0.1, 0.15) is 12.2 Å². The Morgan fingerprint density at radius 2 is 2.10 bits per heavy atom. The second kappa shape index (κ2) is 6.37. The van der Waals surface area contributed by atoms with Crippen LogP contribution in [-0.2, 0) is 13.1 Å². The third kappa shape index (κ3) is 3.14. The van der Waals surface area contributed by atoms with Gasteiger partial charge in [-0.2, -0.15) is 5.10 Å². The highest BCUT2D eigenvalue weighted by Crippen LogP contribution is 2.21. The molecule has 2 unspecified atom stereocenters. The second-order valence-corrected chi connectivity index (χ2v) is 5.64. The highest BCUT2D eigenvalue weighted by Gasteiger charge is 2.26. The molecule has 0 aliphatic carbocycles. The average Bonchev–Trinajstić information content (AvgIpc) is 2.97. The van der Waals surface area contributed by atoms with Crippen LogP contribution in [-0.4, -0.2) is 38.8 Å². The first-order chi connectivity index (χ1) is 10.3. The molecule has 0 amide bonds. The number of hydrogen-bond acceptors (Lipinski definition) is 4. The van der Waals surface area contributed by atoms with Crippen LogP contribution in [0.4, 0.5) is 0 Å². The average molecular weight is 285 g/mol. The lowest BCUT2D eigenvalue weighted by Gasteiger charge is -2.38. The fraction of sp³-hybridized carbons (Fsp3) is 0.500. The van der Waals surface area contributed by atoms with Gasteiger partial charge in [0, 0.05) is 31.7 Å². The fourth-order valence-corrected chi connectivity index (χ4v) is 2.91. The Labute approximate surface area is 126 Å². The highest BCUT2D eigenvalue weighted by molar-refractivity contribution is 5.20. The van der Waals surface area contributed by atoms with Gasteiger partial charge in [-0.15, -0.1) is 0 Å². The maximum Gasteiger partial charge on any atom is 0.141 e. The van der Waals surface area contributed by atoms with Crippen molar-refractivity contribution in [3.8, 4) is 0 Å². The summed E-state index contributed by atoms with van der Waals surface area (Å²) in [6.45, 7) is 8.10. The van der Waals surface area contributed by atoms with Crippen molar-refractivity contribution in [1.82, 2.24) is 25.0 Å². The van der Waals surface area contributed by atoms with Crippen LogP contribution in [0.25, 0.3) is 0 Å². The standard InChI is InChI=1S/C16H23N5/c1-3-21-16(18-12-19-21)11-20-10-15(17-9-13(20)2)14-7-5-4-6-8-14/h4-8,12-13,15,17H,3,9-11H2,1-2H3. The molecule has 0 bridgehead atoms. The highest BCUT2D eigenvalue weighted by atomic mass is 15.4. The first kappa shape index (κ1) is 14.2. The van der Waals surface area contributed by atoms with Gasteiger partial charge in [0.25, 0.3) is 0 Å². The van der Waals surface area contributed by atoms with E-state index in [4.69, 9.17) is 0 Å². The molecule has 21 heavy (non-hydrogen) atoms. The predicted molar refractivity (Wildman–Crippen MR) is 82.8 cm³/mol. The van der Waals surface area contributed by atoms with E-state index in [0.717, 1.165) is 32.0 Å². The summed E-state index contributed by atoms with van der Waals surface area (Å²) >= 11 is 0. The monoisotopic (exact) mass is 285 g/mol. The van der Waals surface area contributed by atoms with Crippen LogP contribution in [0.2, 0.25) is 0 Å². The Balaban J connectivity index is 1.72. The van der Waals surface area contributed by atoms with E-state index >= 15 is 0 Å². The summed E-state index contributed by atoms with van der Waals surface area (Å²) in [5, 5.41) is 7.90. The van der Waals surface area contributed by atoms with Crippen LogP contribution < -0.4 is 5.32 Å². The normalized spacial score (nSPS) is 23.3. The second-order valence-electron chi connectivity index (χ2n) is 5.64. The van der Waals surface area contributed by atoms with E-state index in [1.807, 2.05) is 4.68 Å². The zero-order valence-corrected chi connectivity index (χ0v) is 12.7. The minimum Gasteiger partial charge on any atom is -0.307 e. The summed E-state index contributed by atoms with van der Waals surface area (Å²) in [4.78, 5) is 6.89. The van der Waals surface area contributed by atoms with E-state index in [0.29, 0.717) is 12.1 Å². The number of rotatable bonds is 4. The summed E-state index contributed by atoms with van der Waals surface area (Å²) in [5.41, 5.74) is 1.35. The largest absolute Gasteiger partial charge is 0.307 e. The van der Waals surface area contributed by atoms with Crippen LogP contribution in [0.3, 0.4) is 0 Å². The van der Waals surface area contributed by atoms with E-state index in [-0.39, 0.29) is 0 Å². The minimum atomic E-state index is 0.389. The maximum atomic E-state index is 4.40. The molecule has 1 fully saturated rings. The number of piperazine rings is 1. The van der Waals surface area contributed by atoms with Crippen molar-refractivity contribution in [2.45, 2.75) is 39.0 Å². The minimum absolute atomic E-state index is 0.389. The summed E-state index contributed by atoms with van der Waals surface area (Å²) in [5.74, 6) is 1.05. The van der Waals surface area contributed by atoms with Crippen molar-refractivity contribution >= 4 is 0 Å². The zero-order valence-electron chi connectivity index (χ0n) is 12.7. The SMILES string of the molecule is CCn1ncnc1CN1CC(c2ccccc2)NCC1C. The molecule has 1 aliphatic heterocycles. The molecule has 0 spiro atoms. The number of aryl methyl sites for hydroxylation is 1. The number of nitrogens with zero attached hydrogens (tertiary/aromatic N) is 4. The molecule has 1 saturated heterocycles. The van der Waals surface area contributed by atoms with Crippen molar-refractivity contribution in [2.24, 2.45) is 0 Å². The summed E-state index contributed by atoms with van der Waals surface area (Å²) in [6.07, 6.45) is 1.65. The molecular weight excluding hydrogens is 262 g/mol. The summed E-state index contributed by atoms with van der Waals surface area (Å²) in [6, 6.07) is 11.6. The summed E-state index contributed by atoms with van der Waals surface area (Å²) in [7, 11) is 0. The van der Waals surface area contributed by atoms with E-state index in [9.17, 15) is 0 Å². The Morgan fingerprint density at radius 1 is 1.29 bits per heavy atom. The maximum absolute atomic E-state index is 4.40. The van der Waals surface area contributed by atoms with Crippen LogP contribution in [0.5, 0.6) is 0 Å². The quantitative estimate of drug-likeness (QED) is 0.931. The number of benzene rings is 1. The van der Waals surface area contributed by atoms with Gasteiger partial charge in [0.2, 0.25) is 0 Å². The van der Waals surface area contributed by atoms with E-state index in [2.05, 4.69) is 64.5 Å². The van der Waals surface area contributed by atoms with Gasteiger partial charge in [-0.3, -0.25) is 4.90 Å². The molecule has 5 heteroatoms. The molecule has 2 aromatic rings. The molecule has 1 aromatic carbocycles. The molecule has 3 rings (SSSR count).